The molecule has 2 saturated heterocycles. The zero-order chi connectivity index (χ0) is 20.0. The number of nitriles is 1. The molecular formula is C22H31NO4. The molecule has 27 heavy (non-hydrogen) atoms. The summed E-state index contributed by atoms with van der Waals surface area (Å²) in [4.78, 5) is 25.6. The quantitative estimate of drug-likeness (QED) is 0.685. The topological polar surface area (TPSA) is 76.4 Å². The Morgan fingerprint density at radius 1 is 1.37 bits per heavy atom. The van der Waals surface area contributed by atoms with Crippen molar-refractivity contribution in [2.45, 2.75) is 72.2 Å². The van der Waals surface area contributed by atoms with Crippen LogP contribution in [0.2, 0.25) is 0 Å². The van der Waals surface area contributed by atoms with Crippen LogP contribution in [-0.4, -0.2) is 30.6 Å². The molecule has 3 rings (SSSR count). The number of rotatable bonds is 5. The van der Waals surface area contributed by atoms with Crippen molar-refractivity contribution >= 4 is 11.6 Å². The van der Waals surface area contributed by atoms with E-state index in [9.17, 15) is 14.9 Å². The monoisotopic (exact) mass is 373 g/mol. The Bertz CT molecular complexity index is 683. The van der Waals surface area contributed by atoms with Crippen LogP contribution in [0.15, 0.2) is 12.2 Å². The van der Waals surface area contributed by atoms with Gasteiger partial charge in [-0.2, -0.15) is 5.26 Å². The highest BCUT2D eigenvalue weighted by molar-refractivity contribution is 5.95. The highest BCUT2D eigenvalue weighted by atomic mass is 16.7. The van der Waals surface area contributed by atoms with Crippen molar-refractivity contribution in [2.75, 3.05) is 6.61 Å². The second-order valence-electron chi connectivity index (χ2n) is 9.08. The number of fused-ring (bicyclic) bond motifs is 1. The average Bonchev–Trinajstić information content (AvgIpc) is 3.21. The fraction of sp³-hybridized carbons (Fsp3) is 0.773. The minimum Gasteiger partial charge on any atom is -0.352 e. The van der Waals surface area contributed by atoms with Crippen LogP contribution in [-0.2, 0) is 19.1 Å². The Morgan fingerprint density at radius 3 is 2.63 bits per heavy atom. The summed E-state index contributed by atoms with van der Waals surface area (Å²) in [5.74, 6) is 0.0945. The molecule has 0 aromatic rings. The van der Waals surface area contributed by atoms with Gasteiger partial charge in [0.2, 0.25) is 0 Å². The number of nitrogens with zero attached hydrogens (tertiary/aromatic N) is 1. The second kappa shape index (κ2) is 7.14. The van der Waals surface area contributed by atoms with Gasteiger partial charge in [-0.15, -0.1) is 0 Å². The number of ether oxygens (including phenoxy) is 2. The number of hydrogen-bond acceptors (Lipinski definition) is 5. The molecule has 0 spiro atoms. The van der Waals surface area contributed by atoms with Crippen LogP contribution in [0.3, 0.4) is 0 Å². The van der Waals surface area contributed by atoms with Crippen molar-refractivity contribution in [2.24, 2.45) is 28.6 Å². The van der Waals surface area contributed by atoms with Crippen LogP contribution < -0.4 is 0 Å². The molecule has 0 unspecified atom stereocenters. The van der Waals surface area contributed by atoms with Crippen molar-refractivity contribution in [3.05, 3.63) is 12.2 Å². The van der Waals surface area contributed by atoms with Crippen molar-refractivity contribution in [1.82, 2.24) is 0 Å². The maximum Gasteiger partial charge on any atom is 0.162 e. The summed E-state index contributed by atoms with van der Waals surface area (Å²) >= 11 is 0. The summed E-state index contributed by atoms with van der Waals surface area (Å²) in [6.07, 6.45) is 2.48. The molecule has 2 heterocycles. The van der Waals surface area contributed by atoms with Crippen LogP contribution in [0, 0.1) is 39.9 Å². The van der Waals surface area contributed by atoms with Crippen LogP contribution in [0.1, 0.15) is 59.8 Å². The van der Waals surface area contributed by atoms with Gasteiger partial charge in [-0.05, 0) is 52.4 Å². The van der Waals surface area contributed by atoms with Crippen molar-refractivity contribution in [3.63, 3.8) is 0 Å². The molecule has 0 amide bonds. The number of allylic oxidation sites excluding steroid dienone is 1. The molecule has 0 radical (unpaired) electrons. The minimum atomic E-state index is -1.21. The summed E-state index contributed by atoms with van der Waals surface area (Å²) in [7, 11) is 0. The number of carbonyl (C=O) groups is 2. The first-order valence-electron chi connectivity index (χ1n) is 10.0. The maximum atomic E-state index is 13.9. The molecule has 1 saturated carbocycles. The van der Waals surface area contributed by atoms with E-state index in [0.29, 0.717) is 18.9 Å². The molecule has 2 aliphatic heterocycles. The molecule has 3 fully saturated rings. The first-order chi connectivity index (χ1) is 12.7. The van der Waals surface area contributed by atoms with Gasteiger partial charge in [-0.1, -0.05) is 19.1 Å². The number of hydrogen-bond donors (Lipinski definition) is 0. The summed E-state index contributed by atoms with van der Waals surface area (Å²) < 4.78 is 11.9. The lowest BCUT2D eigenvalue weighted by Crippen LogP contribution is -2.59. The fourth-order valence-corrected chi connectivity index (χ4v) is 5.46. The van der Waals surface area contributed by atoms with Crippen molar-refractivity contribution in [3.8, 4) is 6.07 Å². The Labute approximate surface area is 162 Å². The molecule has 0 bridgehead atoms. The molecular weight excluding hydrogens is 342 g/mol. The molecule has 5 heteroatoms. The highest BCUT2D eigenvalue weighted by Gasteiger charge is 2.63. The minimum absolute atomic E-state index is 0.00161. The van der Waals surface area contributed by atoms with E-state index in [2.05, 4.69) is 19.6 Å². The lowest BCUT2D eigenvalue weighted by atomic mass is 9.49. The third-order valence-corrected chi connectivity index (χ3v) is 7.41. The van der Waals surface area contributed by atoms with Gasteiger partial charge in [-0.25, -0.2) is 0 Å². The van der Waals surface area contributed by atoms with E-state index >= 15 is 0 Å². The van der Waals surface area contributed by atoms with Crippen molar-refractivity contribution in [1.29, 1.82) is 5.26 Å². The van der Waals surface area contributed by atoms with Gasteiger partial charge < -0.3 is 14.3 Å². The van der Waals surface area contributed by atoms with Crippen LogP contribution in [0.4, 0.5) is 0 Å². The maximum absolute atomic E-state index is 13.9. The first kappa shape index (κ1) is 20.2. The van der Waals surface area contributed by atoms with Crippen molar-refractivity contribution < 1.29 is 19.1 Å². The van der Waals surface area contributed by atoms with E-state index in [1.165, 1.54) is 6.92 Å². The molecule has 7 atom stereocenters. The summed E-state index contributed by atoms with van der Waals surface area (Å²) in [6.45, 7) is 12.2. The Morgan fingerprint density at radius 2 is 2.07 bits per heavy atom. The largest absolute Gasteiger partial charge is 0.352 e. The van der Waals surface area contributed by atoms with Gasteiger partial charge in [-0.3, -0.25) is 4.79 Å². The summed E-state index contributed by atoms with van der Waals surface area (Å²) in [5, 5.41) is 10.2. The van der Waals surface area contributed by atoms with Crippen LogP contribution >= 0.6 is 0 Å². The van der Waals surface area contributed by atoms with E-state index in [-0.39, 0.29) is 48.6 Å². The first-order valence-corrected chi connectivity index (χ1v) is 10.0. The predicted octanol–water partition coefficient (Wildman–Crippen LogP) is 3.82. The normalized spacial score (nSPS) is 44.0. The van der Waals surface area contributed by atoms with Gasteiger partial charge in [0.1, 0.15) is 11.2 Å². The fourth-order valence-electron chi connectivity index (χ4n) is 5.46. The molecule has 5 nitrogen and oxygen atoms in total. The Kier molecular flexibility index (Phi) is 5.35. The molecule has 1 aliphatic carbocycles. The lowest BCUT2D eigenvalue weighted by molar-refractivity contribution is -0.178. The third kappa shape index (κ3) is 3.07. The van der Waals surface area contributed by atoms with Crippen LogP contribution in [0.5, 0.6) is 0 Å². The molecule has 0 N–H and O–H groups in total. The molecule has 0 aromatic carbocycles. The van der Waals surface area contributed by atoms with Gasteiger partial charge >= 0.3 is 0 Å². The van der Waals surface area contributed by atoms with E-state index in [1.54, 1.807) is 0 Å². The second-order valence-corrected chi connectivity index (χ2v) is 9.08. The Hall–Kier alpha value is -1.51. The standard InChI is InChI=1S/C22H31NO4/c1-13(2)17-10-14(3)21(5,18-11-16-7-9-26-19(16)27-18)20(25)22(17,12-23)8-6-15(4)24/h14,16-19H,1,6-11H2,2-5H3/t14-,16+,17+,18-,19-,21-,22-/m1/s1. The summed E-state index contributed by atoms with van der Waals surface area (Å²) in [5.41, 5.74) is -1.12. The van der Waals surface area contributed by atoms with E-state index in [4.69, 9.17) is 9.47 Å². The smallest absolute Gasteiger partial charge is 0.162 e. The average molecular weight is 373 g/mol. The lowest BCUT2D eigenvalue weighted by Gasteiger charge is -2.52. The van der Waals surface area contributed by atoms with Gasteiger partial charge in [0.25, 0.3) is 0 Å². The zero-order valence-electron chi connectivity index (χ0n) is 16.9. The number of Topliss-reactive ketones (excluding diaryl/α,β-unsaturated/α-hetero) is 2. The zero-order valence-corrected chi connectivity index (χ0v) is 16.9. The SMILES string of the molecule is C=C(C)[C@@H]1C[C@@H](C)[C@](C)([C@H]2C[C@@H]3CCO[C@@H]3O2)C(=O)[C@@]1(C#N)CCC(C)=O. The third-order valence-electron chi connectivity index (χ3n) is 7.41. The van der Waals surface area contributed by atoms with Gasteiger partial charge in [0.05, 0.1) is 24.2 Å². The van der Waals surface area contributed by atoms with E-state index in [0.717, 1.165) is 18.4 Å². The van der Waals surface area contributed by atoms with E-state index in [1.807, 2.05) is 13.8 Å². The highest BCUT2D eigenvalue weighted by Crippen LogP contribution is 2.58. The number of carbonyl (C=O) groups excluding carboxylic acids is 2. The van der Waals surface area contributed by atoms with Gasteiger partial charge in [0, 0.05) is 18.3 Å². The molecule has 148 valence electrons. The summed E-state index contributed by atoms with van der Waals surface area (Å²) in [6, 6.07) is 2.35. The molecule has 0 aromatic heterocycles. The van der Waals surface area contributed by atoms with Gasteiger partial charge in [0.15, 0.2) is 12.1 Å². The Balaban J connectivity index is 1.98. The predicted molar refractivity (Wildman–Crippen MR) is 100 cm³/mol. The van der Waals surface area contributed by atoms with E-state index < -0.39 is 10.8 Å². The number of ketones is 2. The van der Waals surface area contributed by atoms with Crippen LogP contribution in [0.25, 0.3) is 0 Å². The molecule has 3 aliphatic rings.